The molecule has 0 radical (unpaired) electrons. The first-order chi connectivity index (χ1) is 26.3. The van der Waals surface area contributed by atoms with Crippen LogP contribution in [0, 0.1) is 11.8 Å². The fourth-order valence-electron chi connectivity index (χ4n) is 7.80. The second-order valence-corrected chi connectivity index (χ2v) is 14.6. The van der Waals surface area contributed by atoms with Crippen molar-refractivity contribution in [1.29, 1.82) is 0 Å². The van der Waals surface area contributed by atoms with Crippen molar-refractivity contribution < 1.29 is 19.1 Å². The topological polar surface area (TPSA) is 158 Å². The molecule has 2 aromatic carbocycles. The molecule has 3 aromatic heterocycles. The molecule has 2 fully saturated rings. The third-order valence-electron chi connectivity index (χ3n) is 10.8. The number of alkyl carbamates (subject to hydrolysis) is 1. The number of rotatable bonds is 11. The standard InChI is InChI=1S/C42H48N8O4/c1-26(2)37(49-42(53)54-3)41(52)50-21-7-11-36(50)39-45-25-35(48-39)31-18-14-29(15-19-31)28-12-16-30(17-13-28)34-24-44-38(47-34)32-9-4-5-10-33(32)40(51)46-23-27-8-6-20-43-22-27/h6,8,12-20,22,24-26,32-33,36-37H,4-5,7,9-11,21,23H2,1-3H3,(H,44,47)(H,45,48)(H,46,51)(H,49,53)/t32-,33-,36-,37-/m0/s1. The van der Waals surface area contributed by atoms with Gasteiger partial charge in [-0.25, -0.2) is 14.8 Å². The van der Waals surface area contributed by atoms with Crippen LogP contribution in [0.4, 0.5) is 4.79 Å². The Balaban J connectivity index is 0.988. The van der Waals surface area contributed by atoms with Gasteiger partial charge in [-0.3, -0.25) is 14.6 Å². The maximum atomic E-state index is 13.5. The Morgan fingerprint density at radius 2 is 1.44 bits per heavy atom. The van der Waals surface area contributed by atoms with Gasteiger partial charge in [-0.15, -0.1) is 0 Å². The summed E-state index contributed by atoms with van der Waals surface area (Å²) in [4.78, 5) is 61.1. The number of aromatic amines is 2. The molecular weight excluding hydrogens is 681 g/mol. The van der Waals surface area contributed by atoms with E-state index in [-0.39, 0.29) is 35.6 Å². The van der Waals surface area contributed by atoms with Crippen molar-refractivity contribution in [3.63, 3.8) is 0 Å². The fourth-order valence-corrected chi connectivity index (χ4v) is 7.80. The molecule has 12 nitrogen and oxygen atoms in total. The number of imidazole rings is 2. The summed E-state index contributed by atoms with van der Waals surface area (Å²) in [5.74, 6) is 1.39. The smallest absolute Gasteiger partial charge is 0.407 e. The minimum absolute atomic E-state index is 0.0531. The molecule has 1 aliphatic heterocycles. The van der Waals surface area contributed by atoms with Crippen LogP contribution in [0.25, 0.3) is 33.6 Å². The molecule has 4 N–H and O–H groups in total. The van der Waals surface area contributed by atoms with Gasteiger partial charge in [0, 0.05) is 37.3 Å². The zero-order valence-corrected chi connectivity index (χ0v) is 31.0. The number of carbonyl (C=O) groups is 3. The summed E-state index contributed by atoms with van der Waals surface area (Å²) in [6.07, 6.45) is 12.1. The molecule has 54 heavy (non-hydrogen) atoms. The van der Waals surface area contributed by atoms with E-state index >= 15 is 0 Å². The molecule has 0 bridgehead atoms. The largest absolute Gasteiger partial charge is 0.453 e. The van der Waals surface area contributed by atoms with Crippen LogP contribution in [0.3, 0.4) is 0 Å². The summed E-state index contributed by atoms with van der Waals surface area (Å²) in [7, 11) is 1.30. The number of hydrogen-bond acceptors (Lipinski definition) is 7. The number of amides is 3. The molecule has 0 unspecified atom stereocenters. The van der Waals surface area contributed by atoms with E-state index in [9.17, 15) is 14.4 Å². The Labute approximate surface area is 315 Å². The number of ether oxygens (including phenoxy) is 1. The van der Waals surface area contributed by atoms with E-state index in [1.807, 2.05) is 43.3 Å². The third kappa shape index (κ3) is 8.07. The summed E-state index contributed by atoms with van der Waals surface area (Å²) in [6.45, 7) is 4.89. The quantitative estimate of drug-likeness (QED) is 0.112. The van der Waals surface area contributed by atoms with Gasteiger partial charge < -0.3 is 30.2 Å². The van der Waals surface area contributed by atoms with E-state index in [1.54, 1.807) is 12.4 Å². The zero-order chi connectivity index (χ0) is 37.6. The van der Waals surface area contributed by atoms with E-state index in [2.05, 4.69) is 79.1 Å². The number of benzene rings is 2. The Hall–Kier alpha value is -5.78. The number of carbonyl (C=O) groups excluding carboxylic acids is 3. The van der Waals surface area contributed by atoms with Gasteiger partial charge in [0.05, 0.1) is 36.9 Å². The lowest BCUT2D eigenvalue weighted by molar-refractivity contribution is -0.135. The van der Waals surface area contributed by atoms with E-state index < -0.39 is 12.1 Å². The van der Waals surface area contributed by atoms with Crippen molar-refractivity contribution in [1.82, 2.24) is 40.5 Å². The molecule has 7 rings (SSSR count). The number of nitrogens with zero attached hydrogens (tertiary/aromatic N) is 4. The van der Waals surface area contributed by atoms with Crippen molar-refractivity contribution >= 4 is 17.9 Å². The minimum Gasteiger partial charge on any atom is -0.453 e. The molecular formula is C42H48N8O4. The average Bonchev–Trinajstić information content (AvgIpc) is 4.01. The summed E-state index contributed by atoms with van der Waals surface area (Å²) in [6, 6.07) is 19.7. The van der Waals surface area contributed by atoms with Gasteiger partial charge in [-0.1, -0.05) is 81.3 Å². The number of aromatic nitrogens is 5. The van der Waals surface area contributed by atoms with Gasteiger partial charge in [0.15, 0.2) is 0 Å². The van der Waals surface area contributed by atoms with Crippen molar-refractivity contribution in [2.24, 2.45) is 11.8 Å². The highest BCUT2D eigenvalue weighted by molar-refractivity contribution is 5.86. The lowest BCUT2D eigenvalue weighted by Crippen LogP contribution is -2.51. The molecule has 1 aliphatic carbocycles. The highest BCUT2D eigenvalue weighted by atomic mass is 16.5. The van der Waals surface area contributed by atoms with Crippen LogP contribution in [0.15, 0.2) is 85.5 Å². The predicted octanol–water partition coefficient (Wildman–Crippen LogP) is 7.16. The van der Waals surface area contributed by atoms with Gasteiger partial charge >= 0.3 is 6.09 Å². The summed E-state index contributed by atoms with van der Waals surface area (Å²) >= 11 is 0. The van der Waals surface area contributed by atoms with Crippen LogP contribution in [0.5, 0.6) is 0 Å². The lowest BCUT2D eigenvalue weighted by atomic mass is 9.78. The molecule has 4 atom stereocenters. The monoisotopic (exact) mass is 728 g/mol. The van der Waals surface area contributed by atoms with E-state index in [0.29, 0.717) is 13.1 Å². The normalized spacial score (nSPS) is 19.0. The molecule has 5 aromatic rings. The SMILES string of the molecule is COC(=O)N[C@H](C(=O)N1CCC[C@H]1c1ncc(-c2ccc(-c3ccc(-c4cnc([C@H]5CCCC[C@@H]5C(=O)NCc5cccnc5)[nH]4)cc3)cc2)[nH]1)C(C)C. The van der Waals surface area contributed by atoms with Gasteiger partial charge in [0.1, 0.15) is 17.7 Å². The van der Waals surface area contributed by atoms with Crippen molar-refractivity contribution in [3.8, 4) is 33.6 Å². The minimum atomic E-state index is -0.677. The highest BCUT2D eigenvalue weighted by Gasteiger charge is 2.38. The first-order valence-corrected chi connectivity index (χ1v) is 18.9. The Morgan fingerprint density at radius 3 is 2.07 bits per heavy atom. The fraction of sp³-hybridized carbons (Fsp3) is 0.381. The maximum absolute atomic E-state index is 13.5. The summed E-state index contributed by atoms with van der Waals surface area (Å²) in [5, 5.41) is 5.82. The second-order valence-electron chi connectivity index (χ2n) is 14.6. The average molecular weight is 729 g/mol. The van der Waals surface area contributed by atoms with E-state index in [1.165, 1.54) is 7.11 Å². The molecule has 0 spiro atoms. The van der Waals surface area contributed by atoms with Crippen molar-refractivity contribution in [3.05, 3.63) is 103 Å². The molecule has 3 amide bonds. The van der Waals surface area contributed by atoms with Gasteiger partial charge in [-0.05, 0) is 65.5 Å². The molecule has 4 heterocycles. The first-order valence-electron chi connectivity index (χ1n) is 18.9. The Kier molecular flexibility index (Phi) is 11.2. The van der Waals surface area contributed by atoms with Crippen LogP contribution in [0.2, 0.25) is 0 Å². The number of nitrogens with one attached hydrogen (secondary N) is 4. The number of H-pyrrole nitrogens is 2. The first kappa shape index (κ1) is 36.6. The van der Waals surface area contributed by atoms with Crippen LogP contribution in [0.1, 0.15) is 81.5 Å². The Bertz CT molecular complexity index is 2040. The molecule has 280 valence electrons. The molecule has 1 saturated heterocycles. The molecule has 1 saturated carbocycles. The van der Waals surface area contributed by atoms with Crippen molar-refractivity contribution in [2.45, 2.75) is 76.9 Å². The predicted molar refractivity (Wildman–Crippen MR) is 206 cm³/mol. The maximum Gasteiger partial charge on any atom is 0.407 e. The van der Waals surface area contributed by atoms with Crippen molar-refractivity contribution in [2.75, 3.05) is 13.7 Å². The lowest BCUT2D eigenvalue weighted by Gasteiger charge is -2.30. The van der Waals surface area contributed by atoms with Crippen LogP contribution in [-0.2, 0) is 20.9 Å². The Morgan fingerprint density at radius 1 is 0.815 bits per heavy atom. The number of hydrogen-bond donors (Lipinski definition) is 4. The number of pyridine rings is 1. The van der Waals surface area contributed by atoms with Gasteiger partial charge in [-0.2, -0.15) is 0 Å². The van der Waals surface area contributed by atoms with Gasteiger partial charge in [0.25, 0.3) is 0 Å². The number of methoxy groups -OCH3 is 1. The molecule has 2 aliphatic rings. The van der Waals surface area contributed by atoms with Crippen LogP contribution in [-0.4, -0.2) is 67.4 Å². The highest BCUT2D eigenvalue weighted by Crippen LogP contribution is 2.38. The molecule has 12 heteroatoms. The van der Waals surface area contributed by atoms with E-state index in [0.717, 1.165) is 89.4 Å². The van der Waals surface area contributed by atoms with Gasteiger partial charge in [0.2, 0.25) is 11.8 Å². The van der Waals surface area contributed by atoms with Crippen LogP contribution >= 0.6 is 0 Å². The summed E-state index contributed by atoms with van der Waals surface area (Å²) in [5.41, 5.74) is 7.00. The second kappa shape index (κ2) is 16.5. The zero-order valence-electron chi connectivity index (χ0n) is 31.0. The third-order valence-corrected chi connectivity index (χ3v) is 10.8. The van der Waals surface area contributed by atoms with Crippen LogP contribution < -0.4 is 10.6 Å². The summed E-state index contributed by atoms with van der Waals surface area (Å²) < 4.78 is 4.76. The number of likely N-dealkylation sites (tertiary alicyclic amines) is 1. The van der Waals surface area contributed by atoms with E-state index in [4.69, 9.17) is 9.72 Å².